The number of hydrogen-bond acceptors (Lipinski definition) is 6. The summed E-state index contributed by atoms with van der Waals surface area (Å²) in [5, 5.41) is 6.56. The van der Waals surface area contributed by atoms with Gasteiger partial charge in [0.05, 0.1) is 22.6 Å². The van der Waals surface area contributed by atoms with Crippen molar-refractivity contribution in [3.05, 3.63) is 29.3 Å². The lowest BCUT2D eigenvalue weighted by atomic mass is 10.0. The van der Waals surface area contributed by atoms with Gasteiger partial charge in [-0.05, 0) is 51.2 Å². The fourth-order valence-corrected chi connectivity index (χ4v) is 4.38. The Balaban J connectivity index is 0.000000374. The van der Waals surface area contributed by atoms with Crippen LogP contribution in [0.15, 0.2) is 18.2 Å². The maximum absolute atomic E-state index is 13.0. The van der Waals surface area contributed by atoms with Gasteiger partial charge >= 0.3 is 22.6 Å². The summed E-state index contributed by atoms with van der Waals surface area (Å²) in [5.41, 5.74) is 0.172. The minimum atomic E-state index is -4.90. The van der Waals surface area contributed by atoms with E-state index in [1.807, 2.05) is 0 Å². The van der Waals surface area contributed by atoms with Gasteiger partial charge in [0.15, 0.2) is 5.82 Å². The molecular formula is C18H20F6N6O2S. The van der Waals surface area contributed by atoms with Crippen molar-refractivity contribution in [3.63, 3.8) is 0 Å². The number of fused-ring (bicyclic) bond motifs is 1. The van der Waals surface area contributed by atoms with E-state index in [4.69, 9.17) is 5.73 Å². The number of hydrogen-bond donors (Lipinski definition) is 3. The van der Waals surface area contributed by atoms with Gasteiger partial charge in [0.1, 0.15) is 5.56 Å². The molecule has 1 fully saturated rings. The third-order valence-corrected chi connectivity index (χ3v) is 5.91. The van der Waals surface area contributed by atoms with Gasteiger partial charge in [-0.25, -0.2) is 0 Å². The van der Waals surface area contributed by atoms with Gasteiger partial charge < -0.3 is 10.6 Å². The third kappa shape index (κ3) is 5.76. The average Bonchev–Trinajstić information content (AvgIpc) is 3.01. The predicted molar refractivity (Wildman–Crippen MR) is 109 cm³/mol. The van der Waals surface area contributed by atoms with E-state index in [9.17, 15) is 34.8 Å². The molecule has 1 aromatic carbocycles. The minimum absolute atomic E-state index is 0.334. The van der Waals surface area contributed by atoms with Gasteiger partial charge in [-0.1, -0.05) is 6.42 Å². The summed E-state index contributed by atoms with van der Waals surface area (Å²) in [5.74, 6) is -0.927. The second-order valence-electron chi connectivity index (χ2n) is 7.51. The normalized spacial score (nSPS) is 17.9. The number of nitrogens with two attached hydrogens (primary N) is 1. The average molecular weight is 498 g/mol. The van der Waals surface area contributed by atoms with Crippen LogP contribution in [-0.4, -0.2) is 43.7 Å². The summed E-state index contributed by atoms with van der Waals surface area (Å²) < 4.78 is 105. The topological polar surface area (TPSA) is 113 Å². The van der Waals surface area contributed by atoms with E-state index >= 15 is 0 Å². The summed E-state index contributed by atoms with van der Waals surface area (Å²) in [6.45, 7) is 2.64. The van der Waals surface area contributed by atoms with Gasteiger partial charge in [-0.2, -0.15) is 34.8 Å². The summed E-state index contributed by atoms with van der Waals surface area (Å²) in [7, 11) is -2.17. The van der Waals surface area contributed by atoms with Crippen molar-refractivity contribution in [2.24, 2.45) is 0 Å². The maximum Gasteiger partial charge on any atom is 0.420 e. The van der Waals surface area contributed by atoms with E-state index in [0.717, 1.165) is 6.07 Å². The highest BCUT2D eigenvalue weighted by Crippen LogP contribution is 2.47. The number of rotatable bonds is 1. The van der Waals surface area contributed by atoms with Crippen LogP contribution in [0, 0.1) is 0 Å². The number of piperidine rings is 1. The molecule has 1 saturated heterocycles. The lowest BCUT2D eigenvalue weighted by Crippen LogP contribution is -2.24. The molecule has 33 heavy (non-hydrogen) atoms. The number of benzene rings is 1. The van der Waals surface area contributed by atoms with Crippen molar-refractivity contribution in [1.82, 2.24) is 15.1 Å². The number of nitrogens with one attached hydrogen (secondary N) is 2. The summed E-state index contributed by atoms with van der Waals surface area (Å²) in [4.78, 5) is 2.39. The molecule has 4 N–H and O–H groups in total. The smallest absolute Gasteiger partial charge is 0.382 e. The Labute approximate surface area is 185 Å². The van der Waals surface area contributed by atoms with Crippen molar-refractivity contribution >= 4 is 27.4 Å². The van der Waals surface area contributed by atoms with Crippen LogP contribution in [0.5, 0.6) is 0 Å². The fourth-order valence-electron chi connectivity index (χ4n) is 3.37. The first-order chi connectivity index (χ1) is 15.2. The third-order valence-electron chi connectivity index (χ3n) is 4.97. The molecule has 0 aliphatic carbocycles. The molecular weight excluding hydrogens is 478 g/mol. The molecule has 0 atom stereocenters. The molecule has 2 aliphatic rings. The van der Waals surface area contributed by atoms with Crippen LogP contribution in [0.2, 0.25) is 0 Å². The Hall–Kier alpha value is -2.81. The molecule has 8 nitrogen and oxygen atoms in total. The summed E-state index contributed by atoms with van der Waals surface area (Å²) in [6.07, 6.45) is -5.51. The van der Waals surface area contributed by atoms with E-state index in [1.165, 1.54) is 32.4 Å². The van der Waals surface area contributed by atoms with E-state index in [1.54, 1.807) is 9.44 Å². The lowest BCUT2D eigenvalue weighted by molar-refractivity contribution is -0.137. The molecule has 3 heterocycles. The largest absolute Gasteiger partial charge is 0.420 e. The van der Waals surface area contributed by atoms with Gasteiger partial charge in [0.25, 0.3) is 0 Å². The Morgan fingerprint density at radius 1 is 0.909 bits per heavy atom. The molecule has 2 aromatic rings. The number of anilines is 3. The summed E-state index contributed by atoms with van der Waals surface area (Å²) >= 11 is 0. The number of aromatic nitrogens is 2. The SMILES string of the molecule is CN1CCCCC1.Nc1nnc(-c2ccc(C(F)(F)F)c3c2NS(=O)(=O)N3)cc1C(F)(F)F. The number of nitrogen functional groups attached to an aromatic ring is 1. The number of nitrogens with zero attached hydrogens (tertiary/aromatic N) is 3. The van der Waals surface area contributed by atoms with Gasteiger partial charge in [0.2, 0.25) is 0 Å². The fraction of sp³-hybridized carbons (Fsp3) is 0.444. The Bertz CT molecular complexity index is 1130. The molecule has 0 saturated carbocycles. The molecule has 0 unspecified atom stereocenters. The van der Waals surface area contributed by atoms with E-state index in [2.05, 4.69) is 22.1 Å². The van der Waals surface area contributed by atoms with Crippen LogP contribution < -0.4 is 15.2 Å². The van der Waals surface area contributed by atoms with Gasteiger partial charge in [-0.15, -0.1) is 10.2 Å². The van der Waals surface area contributed by atoms with E-state index in [0.29, 0.717) is 12.1 Å². The lowest BCUT2D eigenvalue weighted by Gasteiger charge is -2.20. The molecule has 0 amide bonds. The maximum atomic E-state index is 13.0. The number of likely N-dealkylation sites (tertiary alicyclic amines) is 1. The zero-order chi connectivity index (χ0) is 24.6. The summed E-state index contributed by atoms with van der Waals surface area (Å²) in [6, 6.07) is 1.78. The second kappa shape index (κ2) is 8.85. The molecule has 4 rings (SSSR count). The van der Waals surface area contributed by atoms with Crippen molar-refractivity contribution < 1.29 is 34.8 Å². The van der Waals surface area contributed by atoms with E-state index < -0.39 is 56.6 Å². The van der Waals surface area contributed by atoms with Crippen molar-refractivity contribution in [2.75, 3.05) is 35.3 Å². The zero-order valence-corrected chi connectivity index (χ0v) is 18.0. The van der Waals surface area contributed by atoms with Crippen LogP contribution >= 0.6 is 0 Å². The molecule has 1 aromatic heterocycles. The van der Waals surface area contributed by atoms with Crippen LogP contribution in [0.25, 0.3) is 11.3 Å². The van der Waals surface area contributed by atoms with Crippen LogP contribution in [0.4, 0.5) is 43.5 Å². The highest BCUT2D eigenvalue weighted by molar-refractivity contribution is 7.94. The standard InChI is InChI=1S/C12H7F6N5O2S.C6H13N/c13-11(14,15)5-2-1-4(8-9(5)23-26(24,25)22-8)7-3-6(12(16,17)18)10(19)21-20-7;1-7-5-3-2-4-6-7/h1-3,22-23H,(H2,19,21);2-6H2,1H3. The molecule has 2 aliphatic heterocycles. The highest BCUT2D eigenvalue weighted by atomic mass is 32.2. The van der Waals surface area contributed by atoms with Gasteiger partial charge in [-0.3, -0.25) is 9.44 Å². The highest BCUT2D eigenvalue weighted by Gasteiger charge is 2.40. The number of halogens is 6. The molecule has 182 valence electrons. The minimum Gasteiger partial charge on any atom is -0.382 e. The van der Waals surface area contributed by atoms with E-state index in [-0.39, 0.29) is 5.56 Å². The Morgan fingerprint density at radius 2 is 1.48 bits per heavy atom. The number of alkyl halides is 6. The predicted octanol–water partition coefficient (Wildman–Crippen LogP) is 3.95. The van der Waals surface area contributed by atoms with Crippen molar-refractivity contribution in [1.29, 1.82) is 0 Å². The Morgan fingerprint density at radius 3 is 2.00 bits per heavy atom. The second-order valence-corrected chi connectivity index (χ2v) is 8.92. The zero-order valence-electron chi connectivity index (χ0n) is 17.2. The van der Waals surface area contributed by atoms with Crippen LogP contribution in [0.1, 0.15) is 30.4 Å². The first-order valence-corrected chi connectivity index (χ1v) is 11.1. The van der Waals surface area contributed by atoms with Crippen LogP contribution in [-0.2, 0) is 22.6 Å². The molecule has 0 radical (unpaired) electrons. The van der Waals surface area contributed by atoms with Crippen molar-refractivity contribution in [3.8, 4) is 11.3 Å². The molecule has 0 bridgehead atoms. The first-order valence-electron chi connectivity index (χ1n) is 9.63. The first kappa shape index (κ1) is 24.8. The van der Waals surface area contributed by atoms with Crippen LogP contribution in [0.3, 0.4) is 0 Å². The van der Waals surface area contributed by atoms with Crippen molar-refractivity contribution in [2.45, 2.75) is 31.6 Å². The molecule has 0 spiro atoms. The van der Waals surface area contributed by atoms with Gasteiger partial charge in [0, 0.05) is 5.56 Å². The quantitative estimate of drug-likeness (QED) is 0.514. The molecule has 15 heteroatoms. The Kier molecular flexibility index (Phi) is 6.66. The monoisotopic (exact) mass is 498 g/mol.